The maximum Gasteiger partial charge on any atom is 0.165 e. The number of thiophene rings is 2. The zero-order valence-electron chi connectivity index (χ0n) is 27.0. The second kappa shape index (κ2) is 10.2. The molecule has 0 aliphatic rings. The highest BCUT2D eigenvalue weighted by molar-refractivity contribution is 7.26. The Morgan fingerprint density at radius 1 is 0.373 bits per heavy atom. The van der Waals surface area contributed by atoms with Gasteiger partial charge in [0.15, 0.2) is 17.5 Å². The van der Waals surface area contributed by atoms with Crippen molar-refractivity contribution in [2.45, 2.75) is 0 Å². The van der Waals surface area contributed by atoms with E-state index >= 15 is 0 Å². The number of rotatable bonds is 3. The Bertz CT molecular complexity index is 3370. The summed E-state index contributed by atoms with van der Waals surface area (Å²) in [4.78, 5) is 15.9. The summed E-state index contributed by atoms with van der Waals surface area (Å²) in [5.41, 5.74) is 6.56. The third-order valence-electron chi connectivity index (χ3n) is 10.4. The minimum Gasteiger partial charge on any atom is -0.308 e. The van der Waals surface area contributed by atoms with Gasteiger partial charge in [0.05, 0.1) is 16.6 Å². The molecule has 0 atom stereocenters. The van der Waals surface area contributed by atoms with Gasteiger partial charge in [-0.15, -0.1) is 22.7 Å². The zero-order chi connectivity index (χ0) is 33.2. The lowest BCUT2D eigenvalue weighted by Crippen LogP contribution is -2.01. The zero-order valence-corrected chi connectivity index (χ0v) is 28.6. The van der Waals surface area contributed by atoms with E-state index in [-0.39, 0.29) is 0 Å². The van der Waals surface area contributed by atoms with E-state index in [4.69, 9.17) is 15.0 Å². The van der Waals surface area contributed by atoms with Gasteiger partial charge in [0.25, 0.3) is 0 Å². The smallest absolute Gasteiger partial charge is 0.165 e. The Morgan fingerprint density at radius 2 is 1.02 bits per heavy atom. The minimum absolute atomic E-state index is 0.660. The van der Waals surface area contributed by atoms with Gasteiger partial charge in [-0.25, -0.2) is 15.0 Å². The minimum atomic E-state index is 0.660. The van der Waals surface area contributed by atoms with Gasteiger partial charge >= 0.3 is 0 Å². The number of para-hydroxylation sites is 1. The fourth-order valence-electron chi connectivity index (χ4n) is 8.27. The standard InChI is InChI=1S/C45H24N4S2/c1-2-11-25(12-3-1)43-46-44(48-45(47-43)32-18-8-15-29-27-14-5-7-21-35(27)51-42(29)32)31-17-9-20-34-38(31)30-16-10-22-36-39(30)40-37(50-36)24-23-28-26-13-4-6-19-33(26)49(34)41(28)40/h1-24H. The second-order valence-electron chi connectivity index (χ2n) is 13.1. The molecule has 0 radical (unpaired) electrons. The lowest BCUT2D eigenvalue weighted by Gasteiger charge is -2.11. The summed E-state index contributed by atoms with van der Waals surface area (Å²) in [5.74, 6) is 2.00. The first-order valence-electron chi connectivity index (χ1n) is 17.0. The predicted octanol–water partition coefficient (Wildman–Crippen LogP) is 12.8. The van der Waals surface area contributed by atoms with Crippen LogP contribution in [0.1, 0.15) is 0 Å². The van der Waals surface area contributed by atoms with Crippen LogP contribution in [-0.4, -0.2) is 19.4 Å². The summed E-state index contributed by atoms with van der Waals surface area (Å²) >= 11 is 3.66. The van der Waals surface area contributed by atoms with E-state index in [1.165, 1.54) is 67.5 Å². The molecule has 0 saturated heterocycles. The van der Waals surface area contributed by atoms with Crippen LogP contribution >= 0.6 is 22.7 Å². The molecule has 0 N–H and O–H groups in total. The van der Waals surface area contributed by atoms with Crippen LogP contribution in [0.5, 0.6) is 0 Å². The summed E-state index contributed by atoms with van der Waals surface area (Å²) < 4.78 is 7.51. The highest BCUT2D eigenvalue weighted by Crippen LogP contribution is 2.48. The Kier molecular flexibility index (Phi) is 5.50. The van der Waals surface area contributed by atoms with Crippen LogP contribution < -0.4 is 0 Å². The average molecular weight is 685 g/mol. The average Bonchev–Trinajstić information content (AvgIpc) is 3.84. The van der Waals surface area contributed by atoms with Gasteiger partial charge in [-0.2, -0.15) is 0 Å². The lowest BCUT2D eigenvalue weighted by atomic mass is 10.00. The fraction of sp³-hybridized carbons (Fsp3) is 0. The predicted molar refractivity (Wildman–Crippen MR) is 217 cm³/mol. The Morgan fingerprint density at radius 3 is 1.94 bits per heavy atom. The van der Waals surface area contributed by atoms with Gasteiger partial charge in [-0.05, 0) is 41.8 Å². The van der Waals surface area contributed by atoms with Gasteiger partial charge in [0.1, 0.15) is 0 Å². The van der Waals surface area contributed by atoms with E-state index in [1.54, 1.807) is 11.3 Å². The molecule has 0 aliphatic heterocycles. The van der Waals surface area contributed by atoms with Gasteiger partial charge in [0.2, 0.25) is 0 Å². The summed E-state index contributed by atoms with van der Waals surface area (Å²) in [6.07, 6.45) is 0. The maximum absolute atomic E-state index is 5.38. The third kappa shape index (κ3) is 3.75. The lowest BCUT2D eigenvalue weighted by molar-refractivity contribution is 1.08. The Balaban J connectivity index is 1.26. The van der Waals surface area contributed by atoms with Crippen LogP contribution in [0.4, 0.5) is 0 Å². The number of hydrogen-bond donors (Lipinski definition) is 0. The van der Waals surface area contributed by atoms with Crippen molar-refractivity contribution in [3.63, 3.8) is 0 Å². The molecular weight excluding hydrogens is 661 g/mol. The van der Waals surface area contributed by atoms with Crippen molar-refractivity contribution in [1.82, 2.24) is 19.4 Å². The first kappa shape index (κ1) is 27.6. The summed E-state index contributed by atoms with van der Waals surface area (Å²) in [6.45, 7) is 0. The van der Waals surface area contributed by atoms with E-state index in [9.17, 15) is 0 Å². The maximum atomic E-state index is 5.38. The van der Waals surface area contributed by atoms with Crippen LogP contribution in [0, 0.1) is 0 Å². The van der Waals surface area contributed by atoms with Crippen LogP contribution in [0.25, 0.3) is 113 Å². The van der Waals surface area contributed by atoms with Crippen LogP contribution in [0.2, 0.25) is 0 Å². The van der Waals surface area contributed by atoms with Crippen molar-refractivity contribution in [1.29, 1.82) is 0 Å². The summed E-state index contributed by atoms with van der Waals surface area (Å²) in [6, 6.07) is 52.1. The van der Waals surface area contributed by atoms with Crippen molar-refractivity contribution in [3.8, 4) is 34.2 Å². The molecule has 0 amide bonds. The van der Waals surface area contributed by atoms with E-state index in [1.807, 2.05) is 29.5 Å². The topological polar surface area (TPSA) is 43.1 Å². The molecule has 5 aromatic heterocycles. The monoisotopic (exact) mass is 684 g/mol. The molecule has 0 fully saturated rings. The van der Waals surface area contributed by atoms with Gasteiger partial charge in [-0.1, -0.05) is 109 Å². The molecule has 7 aromatic carbocycles. The van der Waals surface area contributed by atoms with E-state index in [0.29, 0.717) is 17.5 Å². The highest BCUT2D eigenvalue weighted by Gasteiger charge is 2.23. The van der Waals surface area contributed by atoms with E-state index in [2.05, 4.69) is 132 Å². The number of aromatic nitrogens is 4. The summed E-state index contributed by atoms with van der Waals surface area (Å²) in [7, 11) is 0. The van der Waals surface area contributed by atoms with Crippen molar-refractivity contribution in [3.05, 3.63) is 146 Å². The number of benzene rings is 7. The van der Waals surface area contributed by atoms with Crippen LogP contribution in [0.15, 0.2) is 146 Å². The first-order valence-corrected chi connectivity index (χ1v) is 18.7. The number of nitrogens with zero attached hydrogens (tertiary/aromatic N) is 4. The SMILES string of the molecule is c1ccc(-c2nc(-c3cccc4c3sc3ccccc34)nc(-c3cccc4c3c3cccc5sc6ccc7c8ccccc8n4c7c6c53)n2)cc1. The second-order valence-corrected chi connectivity index (χ2v) is 15.3. The molecule has 51 heavy (non-hydrogen) atoms. The number of fused-ring (bicyclic) bond motifs is 9. The number of hydrogen-bond acceptors (Lipinski definition) is 5. The normalized spacial score (nSPS) is 12.3. The highest BCUT2D eigenvalue weighted by atomic mass is 32.1. The van der Waals surface area contributed by atoms with Crippen LogP contribution in [0.3, 0.4) is 0 Å². The molecule has 0 saturated carbocycles. The van der Waals surface area contributed by atoms with Gasteiger partial charge in [0, 0.05) is 73.2 Å². The Hall–Kier alpha value is -6.21. The molecule has 0 bridgehead atoms. The third-order valence-corrected chi connectivity index (χ3v) is 12.7. The molecule has 0 spiro atoms. The van der Waals surface area contributed by atoms with Gasteiger partial charge in [-0.3, -0.25) is 0 Å². The molecule has 5 heterocycles. The van der Waals surface area contributed by atoms with Crippen molar-refractivity contribution in [2.75, 3.05) is 0 Å². The van der Waals surface area contributed by atoms with Crippen LogP contribution in [-0.2, 0) is 0 Å². The first-order chi connectivity index (χ1) is 25.3. The molecule has 236 valence electrons. The quantitative estimate of drug-likeness (QED) is 0.186. The molecule has 4 nitrogen and oxygen atoms in total. The van der Waals surface area contributed by atoms with Crippen molar-refractivity contribution in [2.24, 2.45) is 0 Å². The molecule has 0 aliphatic carbocycles. The molecule has 0 unspecified atom stereocenters. The van der Waals surface area contributed by atoms with E-state index < -0.39 is 0 Å². The largest absolute Gasteiger partial charge is 0.308 e. The van der Waals surface area contributed by atoms with E-state index in [0.717, 1.165) is 27.6 Å². The summed E-state index contributed by atoms with van der Waals surface area (Å²) in [5, 5.41) is 9.97. The molecule has 12 rings (SSSR count). The van der Waals surface area contributed by atoms with Gasteiger partial charge < -0.3 is 4.40 Å². The molecule has 12 aromatic rings. The van der Waals surface area contributed by atoms with Crippen molar-refractivity contribution >= 4 is 101 Å². The van der Waals surface area contributed by atoms with Crippen molar-refractivity contribution < 1.29 is 0 Å². The Labute approximate surface area is 298 Å². The molecular formula is C45H24N4S2. The fourth-order valence-corrected chi connectivity index (χ4v) is 10.6. The molecule has 6 heteroatoms.